The first-order valence-corrected chi connectivity index (χ1v) is 15.6. The summed E-state index contributed by atoms with van der Waals surface area (Å²) in [5.41, 5.74) is 2.68. The Hall–Kier alpha value is -3.27. The first-order valence-electron chi connectivity index (χ1n) is 15.6. The topological polar surface area (TPSA) is 131 Å². The van der Waals surface area contributed by atoms with Crippen molar-refractivity contribution in [3.05, 3.63) is 29.4 Å². The summed E-state index contributed by atoms with van der Waals surface area (Å²) < 4.78 is 11.2. The number of pyridine rings is 1. The number of aromatic nitrogens is 3. The number of allylic oxidation sites excluding steroid dienone is 1. The van der Waals surface area contributed by atoms with Crippen molar-refractivity contribution in [3.8, 4) is 11.5 Å². The van der Waals surface area contributed by atoms with Crippen LogP contribution in [0.5, 0.6) is 0 Å². The van der Waals surface area contributed by atoms with Gasteiger partial charge in [0, 0.05) is 43.7 Å². The molecule has 1 amide bonds. The van der Waals surface area contributed by atoms with Crippen molar-refractivity contribution in [2.75, 3.05) is 18.4 Å². The number of hydrogen-bond acceptors (Lipinski definition) is 9. The van der Waals surface area contributed by atoms with Gasteiger partial charge in [-0.2, -0.15) is 4.98 Å². The van der Waals surface area contributed by atoms with E-state index in [4.69, 9.17) is 9.26 Å². The molecule has 5 atom stereocenters. The molecule has 6 aliphatic rings. The smallest absolute Gasteiger partial charge is 0.410 e. The standard InChI is InChI=1S/C32H41N5O5/c1-31(2,3)41-30(39)37-9-7-18(8-10-37)13-25(38)28-35-29(42-36-28)23-17-33-24-6-4-5-22(24)27(23)34-26-20-11-19-12-21(26)16-32(40,14-19)15-20/h4-5,17-21,26,40H,6-16H2,1-3H3,(H,33,34)/t19?,20-,21+,26?,32?. The highest BCUT2D eigenvalue weighted by Crippen LogP contribution is 2.56. The number of likely N-dealkylation sites (tertiary alicyclic amines) is 1. The van der Waals surface area contributed by atoms with Crippen LogP contribution in [0.3, 0.4) is 0 Å². The number of aliphatic hydroxyl groups is 1. The predicted molar refractivity (Wildman–Crippen MR) is 156 cm³/mol. The van der Waals surface area contributed by atoms with Gasteiger partial charge in [0.1, 0.15) is 5.60 Å². The third-order valence-electron chi connectivity index (χ3n) is 9.99. The van der Waals surface area contributed by atoms with E-state index in [1.54, 1.807) is 11.1 Å². The molecular formula is C32H41N5O5. The van der Waals surface area contributed by atoms with Gasteiger partial charge < -0.3 is 24.6 Å². The Morgan fingerprint density at radius 3 is 2.60 bits per heavy atom. The molecule has 2 aromatic heterocycles. The number of ether oxygens (including phenoxy) is 1. The van der Waals surface area contributed by atoms with E-state index in [1.165, 1.54) is 0 Å². The zero-order valence-corrected chi connectivity index (χ0v) is 24.8. The van der Waals surface area contributed by atoms with Crippen LogP contribution in [0.25, 0.3) is 17.5 Å². The van der Waals surface area contributed by atoms with Gasteiger partial charge in [0.15, 0.2) is 0 Å². The molecule has 3 unspecified atom stereocenters. The van der Waals surface area contributed by atoms with E-state index in [-0.39, 0.29) is 29.7 Å². The van der Waals surface area contributed by atoms with Gasteiger partial charge in [-0.05, 0) is 89.4 Å². The molecular weight excluding hydrogens is 534 g/mol. The summed E-state index contributed by atoms with van der Waals surface area (Å²) in [7, 11) is 0. The first-order chi connectivity index (χ1) is 20.0. The van der Waals surface area contributed by atoms with E-state index in [0.717, 1.165) is 68.3 Å². The number of anilines is 1. The number of rotatable bonds is 6. The van der Waals surface area contributed by atoms with Crippen molar-refractivity contribution in [2.45, 2.75) is 95.8 Å². The van der Waals surface area contributed by atoms with Gasteiger partial charge in [0.25, 0.3) is 5.89 Å². The molecule has 224 valence electrons. The number of fused-ring (bicyclic) bond motifs is 1. The number of amides is 1. The lowest BCUT2D eigenvalue weighted by atomic mass is 9.52. The summed E-state index contributed by atoms with van der Waals surface area (Å²) >= 11 is 0. The van der Waals surface area contributed by atoms with Gasteiger partial charge in [-0.3, -0.25) is 9.78 Å². The van der Waals surface area contributed by atoms with Crippen LogP contribution in [0, 0.1) is 23.7 Å². The molecule has 1 saturated heterocycles. The van der Waals surface area contributed by atoms with Crippen LogP contribution in [-0.4, -0.2) is 67.3 Å². The van der Waals surface area contributed by atoms with Crippen LogP contribution in [-0.2, 0) is 11.2 Å². The van der Waals surface area contributed by atoms with Crippen LogP contribution < -0.4 is 5.32 Å². The molecule has 0 spiro atoms. The van der Waals surface area contributed by atoms with Crippen molar-refractivity contribution in [3.63, 3.8) is 0 Å². The summed E-state index contributed by atoms with van der Waals surface area (Å²) in [5.74, 6) is 1.86. The SMILES string of the molecule is CC(C)(C)OC(=O)N1CCC(CC(=O)c2noc(-c3cnc4c(c3NC3[C@@H]5CC6C[C@H]3CC(O)(C6)C5)C=CC4)n2)CC1. The molecule has 1 aliphatic heterocycles. The third kappa shape index (κ3) is 5.23. The zero-order valence-electron chi connectivity index (χ0n) is 24.8. The maximum absolute atomic E-state index is 13.2. The number of carbonyl (C=O) groups is 2. The maximum atomic E-state index is 13.2. The minimum absolute atomic E-state index is 0.0819. The maximum Gasteiger partial charge on any atom is 0.410 e. The van der Waals surface area contributed by atoms with Gasteiger partial charge in [0.2, 0.25) is 11.6 Å². The van der Waals surface area contributed by atoms with Crippen molar-refractivity contribution >= 4 is 23.6 Å². The molecule has 0 aromatic carbocycles. The Balaban J connectivity index is 1.05. The van der Waals surface area contributed by atoms with Gasteiger partial charge in [-0.15, -0.1) is 0 Å². The van der Waals surface area contributed by atoms with E-state index in [1.807, 2.05) is 20.8 Å². The Kier molecular flexibility index (Phi) is 6.68. The lowest BCUT2D eigenvalue weighted by Gasteiger charge is -2.58. The van der Waals surface area contributed by atoms with Gasteiger partial charge in [0.05, 0.1) is 22.5 Å². The quantitative estimate of drug-likeness (QED) is 0.442. The Bertz CT molecular complexity index is 1400. The largest absolute Gasteiger partial charge is 0.444 e. The fraction of sp³-hybridized carbons (Fsp3) is 0.656. The summed E-state index contributed by atoms with van der Waals surface area (Å²) in [6, 6.07) is 0.275. The second kappa shape index (κ2) is 10.2. The van der Waals surface area contributed by atoms with Crippen LogP contribution in [0.1, 0.15) is 94.0 Å². The molecule has 5 fully saturated rings. The van der Waals surface area contributed by atoms with E-state index in [2.05, 4.69) is 32.6 Å². The Morgan fingerprint density at radius 1 is 1.17 bits per heavy atom. The highest BCUT2D eigenvalue weighted by Gasteiger charge is 2.55. The van der Waals surface area contributed by atoms with Crippen LogP contribution in [0.2, 0.25) is 0 Å². The molecule has 10 heteroatoms. The number of ketones is 1. The van der Waals surface area contributed by atoms with E-state index >= 15 is 0 Å². The molecule has 42 heavy (non-hydrogen) atoms. The summed E-state index contributed by atoms with van der Waals surface area (Å²) in [5, 5.41) is 19.0. The highest BCUT2D eigenvalue weighted by molar-refractivity contribution is 5.93. The number of Topliss-reactive ketones (excluding diaryl/α,β-unsaturated/α-hetero) is 1. The average molecular weight is 576 g/mol. The van der Waals surface area contributed by atoms with Crippen molar-refractivity contribution in [1.29, 1.82) is 0 Å². The second-order valence-electron chi connectivity index (χ2n) is 14.3. The molecule has 2 aromatic rings. The molecule has 8 rings (SSSR count). The van der Waals surface area contributed by atoms with Gasteiger partial charge in [-0.25, -0.2) is 4.79 Å². The summed E-state index contributed by atoms with van der Waals surface area (Å²) in [6.07, 6.45) is 13.2. The van der Waals surface area contributed by atoms with Crippen LogP contribution >= 0.6 is 0 Å². The van der Waals surface area contributed by atoms with Crippen LogP contribution in [0.15, 0.2) is 16.8 Å². The fourth-order valence-corrected chi connectivity index (χ4v) is 8.34. The number of piperidine rings is 1. The number of nitrogens with one attached hydrogen (secondary N) is 1. The normalized spacial score (nSPS) is 30.0. The Morgan fingerprint density at radius 2 is 1.90 bits per heavy atom. The number of hydrogen-bond donors (Lipinski definition) is 2. The fourth-order valence-electron chi connectivity index (χ4n) is 8.34. The molecule has 5 aliphatic carbocycles. The minimum atomic E-state index is -0.530. The Labute approximate surface area is 246 Å². The van der Waals surface area contributed by atoms with E-state index in [0.29, 0.717) is 48.7 Å². The monoisotopic (exact) mass is 575 g/mol. The number of nitrogens with zero attached hydrogens (tertiary/aromatic N) is 4. The van der Waals surface area contributed by atoms with Crippen LogP contribution in [0.4, 0.5) is 10.5 Å². The lowest BCUT2D eigenvalue weighted by molar-refractivity contribution is -0.129. The van der Waals surface area contributed by atoms with Gasteiger partial charge in [-0.1, -0.05) is 17.3 Å². The van der Waals surface area contributed by atoms with E-state index in [9.17, 15) is 14.7 Å². The van der Waals surface area contributed by atoms with Crippen molar-refractivity contribution < 1.29 is 24.0 Å². The molecule has 4 saturated carbocycles. The molecule has 0 radical (unpaired) electrons. The molecule has 10 nitrogen and oxygen atoms in total. The van der Waals surface area contributed by atoms with Crippen molar-refractivity contribution in [1.82, 2.24) is 20.0 Å². The lowest BCUT2D eigenvalue weighted by Crippen LogP contribution is -2.59. The van der Waals surface area contributed by atoms with E-state index < -0.39 is 11.2 Å². The average Bonchev–Trinajstić information content (AvgIpc) is 3.59. The summed E-state index contributed by atoms with van der Waals surface area (Å²) in [4.78, 5) is 36.5. The minimum Gasteiger partial charge on any atom is -0.444 e. The zero-order chi connectivity index (χ0) is 29.2. The van der Waals surface area contributed by atoms with Gasteiger partial charge >= 0.3 is 6.09 Å². The molecule has 2 N–H and O–H groups in total. The predicted octanol–water partition coefficient (Wildman–Crippen LogP) is 5.27. The second-order valence-corrected chi connectivity index (χ2v) is 14.3. The first kappa shape index (κ1) is 27.6. The van der Waals surface area contributed by atoms with Crippen molar-refractivity contribution in [2.24, 2.45) is 23.7 Å². The third-order valence-corrected chi connectivity index (χ3v) is 9.99. The molecule has 3 heterocycles. The number of carbonyl (C=O) groups excluding carboxylic acids is 2. The highest BCUT2D eigenvalue weighted by atomic mass is 16.6. The molecule has 4 bridgehead atoms. The summed E-state index contributed by atoms with van der Waals surface area (Å²) in [6.45, 7) is 6.71.